The molecule has 0 aliphatic heterocycles. The molecule has 0 radical (unpaired) electrons. The summed E-state index contributed by atoms with van der Waals surface area (Å²) < 4.78 is 0. The molecule has 0 amide bonds. The summed E-state index contributed by atoms with van der Waals surface area (Å²) in [6, 6.07) is 0. The molecule has 3 heteroatoms. The summed E-state index contributed by atoms with van der Waals surface area (Å²) in [4.78, 5) is 0. The van der Waals surface area contributed by atoms with Crippen LogP contribution in [0.15, 0.2) is 0 Å². The van der Waals surface area contributed by atoms with Gasteiger partial charge in [-0.15, -0.1) is 12.4 Å². The van der Waals surface area contributed by atoms with Gasteiger partial charge in [0.15, 0.2) is 0 Å². The average Bonchev–Trinajstić information content (AvgIpc) is 1.41. The molecule has 0 saturated carbocycles. The first kappa shape index (κ1) is 9.81. The van der Waals surface area contributed by atoms with Crippen molar-refractivity contribution in [2.45, 2.75) is 19.7 Å². The summed E-state index contributed by atoms with van der Waals surface area (Å²) in [5.74, 6) is 0. The summed E-state index contributed by atoms with van der Waals surface area (Å²) in [5, 5.41) is 0. The Bertz CT molecular complexity index is 16.3. The number of rotatable bonds is 2. The first-order chi connectivity index (χ1) is 2.41. The van der Waals surface area contributed by atoms with Crippen molar-refractivity contribution in [3.8, 4) is 0 Å². The average molecular weight is 127 g/mol. The SMILES string of the molecule is CCCBCl.Cl. The van der Waals surface area contributed by atoms with Crippen molar-refractivity contribution in [3.05, 3.63) is 0 Å². The zero-order valence-electron chi connectivity index (χ0n) is 3.91. The minimum Gasteiger partial charge on any atom is -0.201 e. The van der Waals surface area contributed by atoms with Crippen molar-refractivity contribution in [2.75, 3.05) is 0 Å². The third kappa shape index (κ3) is 8.82. The quantitative estimate of drug-likeness (QED) is 0.496. The molecule has 0 aromatic rings. The van der Waals surface area contributed by atoms with E-state index in [4.69, 9.17) is 11.5 Å². The topological polar surface area (TPSA) is 0 Å². The van der Waals surface area contributed by atoms with Gasteiger partial charge in [-0.3, -0.25) is 0 Å². The first-order valence-corrected chi connectivity index (χ1v) is 2.51. The van der Waals surface area contributed by atoms with E-state index < -0.39 is 0 Å². The van der Waals surface area contributed by atoms with Gasteiger partial charge in [0.2, 0.25) is 6.69 Å². The summed E-state index contributed by atoms with van der Waals surface area (Å²) in [6.45, 7) is 2.94. The third-order valence-electron chi connectivity index (χ3n) is 0.487. The molecule has 0 bridgehead atoms. The van der Waals surface area contributed by atoms with Crippen LogP contribution in [0.1, 0.15) is 13.3 Å². The standard InChI is InChI=1S/C3H8BCl.ClH/c1-2-3-4-5;/h4H,2-3H2,1H3;1H. The van der Waals surface area contributed by atoms with Crippen LogP contribution in [0.25, 0.3) is 0 Å². The van der Waals surface area contributed by atoms with E-state index in [9.17, 15) is 0 Å². The zero-order valence-corrected chi connectivity index (χ0v) is 5.48. The van der Waals surface area contributed by atoms with Gasteiger partial charge in [-0.2, -0.15) is 0 Å². The van der Waals surface area contributed by atoms with Crippen molar-refractivity contribution in [1.82, 2.24) is 0 Å². The fourth-order valence-electron chi connectivity index (χ4n) is 0.134. The summed E-state index contributed by atoms with van der Waals surface area (Å²) >= 11 is 5.30. The van der Waals surface area contributed by atoms with Crippen LogP contribution in [0.5, 0.6) is 0 Å². The Labute approximate surface area is 50.8 Å². The Kier molecular flexibility index (Phi) is 15.0. The van der Waals surface area contributed by atoms with Crippen LogP contribution in [0.2, 0.25) is 6.32 Å². The highest BCUT2D eigenvalue weighted by Gasteiger charge is 1.74. The number of hydrogen-bond acceptors (Lipinski definition) is 0. The van der Waals surface area contributed by atoms with Crippen LogP contribution in [0.4, 0.5) is 0 Å². The molecule has 38 valence electrons. The molecule has 6 heavy (non-hydrogen) atoms. The molecular weight excluding hydrogens is 118 g/mol. The van der Waals surface area contributed by atoms with E-state index >= 15 is 0 Å². The highest BCUT2D eigenvalue weighted by molar-refractivity contribution is 6.93. The molecule has 0 heterocycles. The van der Waals surface area contributed by atoms with E-state index in [1.807, 2.05) is 0 Å². The van der Waals surface area contributed by atoms with Gasteiger partial charge < -0.3 is 0 Å². The van der Waals surface area contributed by atoms with E-state index in [0.29, 0.717) is 0 Å². The Morgan fingerprint density at radius 3 is 2.17 bits per heavy atom. The van der Waals surface area contributed by atoms with Gasteiger partial charge in [0.05, 0.1) is 0 Å². The van der Waals surface area contributed by atoms with Gasteiger partial charge in [-0.05, 0) is 0 Å². The van der Waals surface area contributed by atoms with E-state index in [1.54, 1.807) is 0 Å². The molecule has 0 atom stereocenters. The molecule has 0 aliphatic rings. The molecule has 0 rings (SSSR count). The van der Waals surface area contributed by atoms with E-state index in [1.165, 1.54) is 6.42 Å². The van der Waals surface area contributed by atoms with Crippen LogP contribution in [0, 0.1) is 0 Å². The highest BCUT2D eigenvalue weighted by atomic mass is 35.5. The molecule has 0 aromatic heterocycles. The number of halogens is 2. The smallest absolute Gasteiger partial charge is 0.201 e. The maximum atomic E-state index is 5.30. The van der Waals surface area contributed by atoms with Crippen molar-refractivity contribution in [1.29, 1.82) is 0 Å². The normalized spacial score (nSPS) is 6.33. The largest absolute Gasteiger partial charge is 0.233 e. The minimum absolute atomic E-state index is 0. The predicted octanol–water partition coefficient (Wildman–Crippen LogP) is 1.83. The number of hydrogen-bond donors (Lipinski definition) is 0. The second kappa shape index (κ2) is 9.17. The Morgan fingerprint density at radius 2 is 2.17 bits per heavy atom. The maximum Gasteiger partial charge on any atom is 0.233 e. The Morgan fingerprint density at radius 1 is 1.67 bits per heavy atom. The molecule has 0 aromatic carbocycles. The zero-order chi connectivity index (χ0) is 4.12. The van der Waals surface area contributed by atoms with Crippen LogP contribution in [-0.4, -0.2) is 6.69 Å². The van der Waals surface area contributed by atoms with Crippen LogP contribution in [0.3, 0.4) is 0 Å². The summed E-state index contributed by atoms with van der Waals surface area (Å²) in [7, 11) is 0. The van der Waals surface area contributed by atoms with E-state index in [0.717, 1.165) is 13.0 Å². The van der Waals surface area contributed by atoms with Crippen LogP contribution in [-0.2, 0) is 0 Å². The molecule has 0 nitrogen and oxygen atoms in total. The molecule has 0 fully saturated rings. The molecule has 0 aliphatic carbocycles. The van der Waals surface area contributed by atoms with Crippen molar-refractivity contribution < 1.29 is 0 Å². The lowest BCUT2D eigenvalue weighted by Crippen LogP contribution is -1.69. The van der Waals surface area contributed by atoms with Gasteiger partial charge >= 0.3 is 0 Å². The van der Waals surface area contributed by atoms with Crippen LogP contribution < -0.4 is 0 Å². The first-order valence-electron chi connectivity index (χ1n) is 1.97. The van der Waals surface area contributed by atoms with E-state index in [2.05, 4.69) is 6.92 Å². The lowest BCUT2D eigenvalue weighted by atomic mass is 10.0. The van der Waals surface area contributed by atoms with E-state index in [-0.39, 0.29) is 12.4 Å². The molecular formula is C3H9BCl2. The second-order valence-electron chi connectivity index (χ2n) is 1.04. The summed E-state index contributed by atoms with van der Waals surface area (Å²) in [6.07, 6.45) is 2.37. The minimum atomic E-state index is 0. The van der Waals surface area contributed by atoms with Crippen molar-refractivity contribution in [2.24, 2.45) is 0 Å². The highest BCUT2D eigenvalue weighted by Crippen LogP contribution is 1.85. The monoisotopic (exact) mass is 126 g/mol. The molecule has 0 unspecified atom stereocenters. The lowest BCUT2D eigenvalue weighted by Gasteiger charge is -1.74. The second-order valence-corrected chi connectivity index (χ2v) is 1.42. The van der Waals surface area contributed by atoms with Gasteiger partial charge in [-0.25, -0.2) is 11.5 Å². The Balaban J connectivity index is 0. The van der Waals surface area contributed by atoms with Crippen molar-refractivity contribution in [3.63, 3.8) is 0 Å². The summed E-state index contributed by atoms with van der Waals surface area (Å²) in [5.41, 5.74) is 0. The van der Waals surface area contributed by atoms with Gasteiger partial charge in [-0.1, -0.05) is 19.7 Å². The van der Waals surface area contributed by atoms with Crippen LogP contribution >= 0.6 is 23.9 Å². The van der Waals surface area contributed by atoms with Gasteiger partial charge in [0.25, 0.3) is 0 Å². The molecule has 0 saturated heterocycles. The van der Waals surface area contributed by atoms with Gasteiger partial charge in [0, 0.05) is 0 Å². The molecule has 0 spiro atoms. The lowest BCUT2D eigenvalue weighted by molar-refractivity contribution is 1.08. The fourth-order valence-corrected chi connectivity index (χ4v) is 0.401. The Hall–Kier alpha value is 0.645. The maximum absolute atomic E-state index is 5.30. The third-order valence-corrected chi connectivity index (χ3v) is 0.754. The van der Waals surface area contributed by atoms with Gasteiger partial charge in [0.1, 0.15) is 0 Å². The molecule has 0 N–H and O–H groups in total. The predicted molar refractivity (Wildman–Crippen MR) is 35.3 cm³/mol. The fraction of sp³-hybridized carbons (Fsp3) is 1.00. The van der Waals surface area contributed by atoms with Crippen molar-refractivity contribution >= 4 is 30.6 Å².